The van der Waals surface area contributed by atoms with Gasteiger partial charge in [0.1, 0.15) is 5.72 Å². The molecule has 5 rings (SSSR count). The first-order valence-corrected chi connectivity index (χ1v) is 14.2. The Morgan fingerprint density at radius 3 is 2.78 bits per heavy atom. The summed E-state index contributed by atoms with van der Waals surface area (Å²) in [7, 11) is -1.21. The van der Waals surface area contributed by atoms with E-state index in [9.17, 15) is 18.1 Å². The minimum Gasteiger partial charge on any atom is -0.375 e. The number of alkyl halides is 2. The molecule has 0 aliphatic heterocycles. The maximum absolute atomic E-state index is 13.1. The number of hydrogen-bond acceptors (Lipinski definition) is 9. The highest BCUT2D eigenvalue weighted by atomic mass is 35.5. The second kappa shape index (κ2) is 10.0. The number of nitrogens with one attached hydrogen (secondary N) is 1. The second-order valence-electron chi connectivity index (χ2n) is 8.33. The van der Waals surface area contributed by atoms with Crippen molar-refractivity contribution >= 4 is 51.2 Å². The van der Waals surface area contributed by atoms with Gasteiger partial charge in [0.15, 0.2) is 21.0 Å². The highest BCUT2D eigenvalue weighted by Gasteiger charge is 2.40. The summed E-state index contributed by atoms with van der Waals surface area (Å²) in [6.45, 7) is 2.20. The fourth-order valence-corrected chi connectivity index (χ4v) is 6.53. The lowest BCUT2D eigenvalue weighted by Crippen LogP contribution is -2.23. The van der Waals surface area contributed by atoms with Crippen LogP contribution < -0.4 is 10.5 Å². The topological polar surface area (TPSA) is 118 Å². The largest absolute Gasteiger partial charge is 0.375 e. The van der Waals surface area contributed by atoms with Crippen molar-refractivity contribution in [3.63, 3.8) is 0 Å². The van der Waals surface area contributed by atoms with Gasteiger partial charge in [0.25, 0.3) is 6.43 Å². The van der Waals surface area contributed by atoms with Gasteiger partial charge in [-0.2, -0.15) is 0 Å². The highest BCUT2D eigenvalue weighted by Crippen LogP contribution is 2.40. The van der Waals surface area contributed by atoms with Crippen molar-refractivity contribution in [3.8, 4) is 22.0 Å². The number of fused-ring (bicyclic) bond motifs is 1. The molecule has 190 valence electrons. The van der Waals surface area contributed by atoms with Gasteiger partial charge in [0, 0.05) is 33.8 Å². The van der Waals surface area contributed by atoms with E-state index >= 15 is 0 Å². The molecule has 1 aliphatic rings. The van der Waals surface area contributed by atoms with Crippen LogP contribution in [0.25, 0.3) is 27.5 Å². The highest BCUT2D eigenvalue weighted by molar-refractivity contribution is 7.97. The molecule has 0 amide bonds. The second-order valence-corrected chi connectivity index (χ2v) is 12.1. The van der Waals surface area contributed by atoms with Crippen molar-refractivity contribution in [1.82, 2.24) is 24.3 Å². The molecule has 14 heteroatoms. The lowest BCUT2D eigenvalue weighted by molar-refractivity contribution is 0.142. The van der Waals surface area contributed by atoms with Crippen LogP contribution in [0.1, 0.15) is 29.8 Å². The number of hydrogen-bond donors (Lipinski definition) is 3. The van der Waals surface area contributed by atoms with E-state index < -0.39 is 28.0 Å². The van der Waals surface area contributed by atoms with Crippen LogP contribution in [0.5, 0.6) is 0 Å². The summed E-state index contributed by atoms with van der Waals surface area (Å²) in [6, 6.07) is 7.48. The van der Waals surface area contributed by atoms with Gasteiger partial charge >= 0.3 is 0 Å². The Bertz CT molecular complexity index is 1470. The smallest absolute Gasteiger partial charge is 0.291 e. The van der Waals surface area contributed by atoms with Gasteiger partial charge in [-0.1, -0.05) is 35.1 Å². The summed E-state index contributed by atoms with van der Waals surface area (Å²) >= 11 is 8.58. The standard InChI is InChI=1S/C22H21ClF2N6O2S3/c1-11-8-12(2-3-15(11)36(33)7-6-26)14-9-13(35-30-22(32)4-5-22)10-31-16(14)17(23)27-19(31)21-29-28-20(34-21)18(24)25/h2-3,8-10,18,30,32H,4-7,26H2,1H3. The number of imidazole rings is 1. The molecule has 0 bridgehead atoms. The first-order chi connectivity index (χ1) is 17.2. The maximum atomic E-state index is 13.1. The van der Waals surface area contributed by atoms with Crippen molar-refractivity contribution < 1.29 is 18.1 Å². The fourth-order valence-electron chi connectivity index (χ4n) is 3.65. The maximum Gasteiger partial charge on any atom is 0.291 e. The van der Waals surface area contributed by atoms with Crippen molar-refractivity contribution in [1.29, 1.82) is 0 Å². The van der Waals surface area contributed by atoms with Crippen LogP contribution in [0.4, 0.5) is 8.78 Å². The van der Waals surface area contributed by atoms with E-state index in [1.54, 1.807) is 10.6 Å². The normalized spacial score (nSPS) is 15.6. The molecule has 0 radical (unpaired) electrons. The van der Waals surface area contributed by atoms with Crippen LogP contribution in [-0.4, -0.2) is 46.9 Å². The molecule has 1 saturated carbocycles. The number of rotatable bonds is 9. The first-order valence-electron chi connectivity index (χ1n) is 10.9. The third kappa shape index (κ3) is 5.05. The summed E-state index contributed by atoms with van der Waals surface area (Å²) in [5.74, 6) is 0.649. The minimum absolute atomic E-state index is 0.174. The fraction of sp³-hybridized carbons (Fsp3) is 0.318. The number of benzene rings is 1. The number of pyridine rings is 1. The Hall–Kier alpha value is -2.00. The van der Waals surface area contributed by atoms with Crippen LogP contribution >= 0.6 is 34.9 Å². The van der Waals surface area contributed by atoms with E-state index in [0.717, 1.165) is 32.9 Å². The molecular weight excluding hydrogens is 550 g/mol. The van der Waals surface area contributed by atoms with Gasteiger partial charge in [-0.3, -0.25) is 8.61 Å². The van der Waals surface area contributed by atoms with Gasteiger partial charge in [0.05, 0.1) is 16.3 Å². The molecule has 1 unspecified atom stereocenters. The molecule has 36 heavy (non-hydrogen) atoms. The Morgan fingerprint density at radius 1 is 1.36 bits per heavy atom. The Labute approximate surface area is 220 Å². The summed E-state index contributed by atoms with van der Waals surface area (Å²) < 4.78 is 43.6. The van der Waals surface area contributed by atoms with E-state index in [0.29, 0.717) is 35.6 Å². The van der Waals surface area contributed by atoms with Gasteiger partial charge in [-0.25, -0.2) is 18.5 Å². The molecule has 1 atom stereocenters. The molecule has 3 heterocycles. The number of nitrogens with two attached hydrogens (primary N) is 1. The number of halogens is 3. The number of aromatic nitrogens is 4. The van der Waals surface area contributed by atoms with E-state index in [1.165, 1.54) is 11.9 Å². The first kappa shape index (κ1) is 25.6. The molecule has 8 nitrogen and oxygen atoms in total. The average molecular weight is 571 g/mol. The quantitative estimate of drug-likeness (QED) is 0.198. The van der Waals surface area contributed by atoms with E-state index in [1.807, 2.05) is 31.2 Å². The SMILES string of the molecule is Cc1cc(-c2cc(SNC3(O)CC3)cn3c(-c4nnc(C(F)F)s4)nc(Cl)c23)ccc1S(=O)CCN. The van der Waals surface area contributed by atoms with Crippen LogP contribution in [0.2, 0.25) is 5.15 Å². The molecule has 0 saturated heterocycles. The zero-order chi connectivity index (χ0) is 25.6. The molecule has 4 aromatic rings. The van der Waals surface area contributed by atoms with Crippen molar-refractivity contribution in [3.05, 3.63) is 46.2 Å². The third-order valence-corrected chi connectivity index (χ3v) is 9.29. The number of aliphatic hydroxyl groups is 1. The molecular formula is C22H21ClF2N6O2S3. The molecule has 1 fully saturated rings. The summed E-state index contributed by atoms with van der Waals surface area (Å²) in [5, 5.41) is 17.7. The van der Waals surface area contributed by atoms with E-state index in [2.05, 4.69) is 19.9 Å². The van der Waals surface area contributed by atoms with Crippen LogP contribution in [0.3, 0.4) is 0 Å². The third-order valence-electron chi connectivity index (χ3n) is 5.60. The summed E-state index contributed by atoms with van der Waals surface area (Å²) in [6.07, 6.45) is 0.324. The van der Waals surface area contributed by atoms with Gasteiger partial charge in [-0.15, -0.1) is 10.2 Å². The molecule has 1 aromatic carbocycles. The minimum atomic E-state index is -2.74. The lowest BCUT2D eigenvalue weighted by atomic mass is 10.0. The Balaban J connectivity index is 1.65. The predicted octanol–water partition coefficient (Wildman–Crippen LogP) is 4.56. The Kier molecular flexibility index (Phi) is 7.15. The molecule has 0 spiro atoms. The number of aryl methyl sites for hydroxylation is 1. The van der Waals surface area contributed by atoms with Gasteiger partial charge in [0.2, 0.25) is 0 Å². The van der Waals surface area contributed by atoms with E-state index in [4.69, 9.17) is 17.3 Å². The Morgan fingerprint density at radius 2 is 2.14 bits per heavy atom. The summed E-state index contributed by atoms with van der Waals surface area (Å²) in [4.78, 5) is 5.87. The molecule has 1 aliphatic carbocycles. The molecule has 3 aromatic heterocycles. The van der Waals surface area contributed by atoms with E-state index in [-0.39, 0.29) is 16.0 Å². The molecule has 4 N–H and O–H groups in total. The zero-order valence-corrected chi connectivity index (χ0v) is 22.1. The monoisotopic (exact) mass is 570 g/mol. The number of nitrogens with zero attached hydrogens (tertiary/aromatic N) is 4. The zero-order valence-electron chi connectivity index (χ0n) is 18.9. The van der Waals surface area contributed by atoms with Crippen LogP contribution in [-0.2, 0) is 10.8 Å². The predicted molar refractivity (Wildman–Crippen MR) is 138 cm³/mol. The van der Waals surface area contributed by atoms with Crippen molar-refractivity contribution in [2.75, 3.05) is 12.3 Å². The van der Waals surface area contributed by atoms with Gasteiger partial charge < -0.3 is 10.8 Å². The van der Waals surface area contributed by atoms with Crippen LogP contribution in [0, 0.1) is 6.92 Å². The van der Waals surface area contributed by atoms with Gasteiger partial charge in [-0.05, 0) is 55.0 Å². The average Bonchev–Trinajstić information content (AvgIpc) is 3.24. The summed E-state index contributed by atoms with van der Waals surface area (Å²) in [5.41, 5.74) is 7.59. The van der Waals surface area contributed by atoms with Crippen molar-refractivity contribution in [2.45, 2.75) is 41.7 Å². The lowest BCUT2D eigenvalue weighted by Gasteiger charge is -2.14. The van der Waals surface area contributed by atoms with Crippen LogP contribution in [0.15, 0.2) is 40.3 Å². The van der Waals surface area contributed by atoms with Crippen molar-refractivity contribution in [2.24, 2.45) is 5.73 Å².